The molecule has 2 N–H and O–H groups in total. The van der Waals surface area contributed by atoms with Crippen LogP contribution >= 0.6 is 0 Å². The first-order valence-corrected chi connectivity index (χ1v) is 6.76. The summed E-state index contributed by atoms with van der Waals surface area (Å²) in [7, 11) is 0. The van der Waals surface area contributed by atoms with Crippen LogP contribution in [0.25, 0.3) is 0 Å². The van der Waals surface area contributed by atoms with Gasteiger partial charge in [0.15, 0.2) is 0 Å². The minimum Gasteiger partial charge on any atom is -0.303 e. The maximum Gasteiger partial charge on any atom is 0.243 e. The minimum atomic E-state index is -0.176. The molecule has 2 unspecified atom stereocenters. The van der Waals surface area contributed by atoms with E-state index >= 15 is 0 Å². The molecule has 4 heteroatoms. The molecule has 2 amide bonds. The van der Waals surface area contributed by atoms with Crippen LogP contribution in [0.2, 0.25) is 0 Å². The summed E-state index contributed by atoms with van der Waals surface area (Å²) in [6, 6.07) is 0.198. The highest BCUT2D eigenvalue weighted by Gasteiger charge is 2.29. The van der Waals surface area contributed by atoms with Crippen molar-refractivity contribution in [3.8, 4) is 0 Å². The van der Waals surface area contributed by atoms with Crippen LogP contribution in [-0.2, 0) is 9.59 Å². The van der Waals surface area contributed by atoms with Crippen LogP contribution in [0.3, 0.4) is 0 Å². The number of carbonyl (C=O) groups is 2. The lowest BCUT2D eigenvalue weighted by Gasteiger charge is -2.32. The Morgan fingerprint density at radius 1 is 1.18 bits per heavy atom. The van der Waals surface area contributed by atoms with Gasteiger partial charge < -0.3 is 5.32 Å². The highest BCUT2D eigenvalue weighted by molar-refractivity contribution is 6.00. The van der Waals surface area contributed by atoms with E-state index in [1.807, 2.05) is 0 Å². The molecule has 96 valence electrons. The average molecular weight is 238 g/mol. The van der Waals surface area contributed by atoms with Crippen LogP contribution in [0.15, 0.2) is 0 Å². The SMILES string of the molecule is CC(NC1CCC(=O)NC1=O)C1CCCCC1. The van der Waals surface area contributed by atoms with Gasteiger partial charge in [0.25, 0.3) is 0 Å². The molecule has 2 atom stereocenters. The predicted octanol–water partition coefficient (Wildman–Crippen LogP) is 1.35. The Labute approximate surface area is 103 Å². The van der Waals surface area contributed by atoms with Crippen molar-refractivity contribution in [2.75, 3.05) is 0 Å². The Kier molecular flexibility index (Phi) is 4.15. The van der Waals surface area contributed by atoms with Gasteiger partial charge in [-0.2, -0.15) is 0 Å². The van der Waals surface area contributed by atoms with Gasteiger partial charge in [-0.25, -0.2) is 0 Å². The molecule has 0 bridgehead atoms. The first-order valence-electron chi connectivity index (χ1n) is 6.76. The van der Waals surface area contributed by atoms with Gasteiger partial charge in [0, 0.05) is 12.5 Å². The largest absolute Gasteiger partial charge is 0.303 e. The molecule has 1 aliphatic carbocycles. The summed E-state index contributed by atoms with van der Waals surface area (Å²) >= 11 is 0. The Morgan fingerprint density at radius 3 is 2.53 bits per heavy atom. The minimum absolute atomic E-state index is 0.140. The lowest BCUT2D eigenvalue weighted by atomic mass is 9.84. The van der Waals surface area contributed by atoms with E-state index in [1.54, 1.807) is 0 Å². The Bertz CT molecular complexity index is 298. The monoisotopic (exact) mass is 238 g/mol. The van der Waals surface area contributed by atoms with E-state index < -0.39 is 0 Å². The molecule has 0 spiro atoms. The Balaban J connectivity index is 1.83. The van der Waals surface area contributed by atoms with E-state index in [1.165, 1.54) is 32.1 Å². The second-order valence-corrected chi connectivity index (χ2v) is 5.36. The van der Waals surface area contributed by atoms with Crippen LogP contribution in [-0.4, -0.2) is 23.9 Å². The molecular weight excluding hydrogens is 216 g/mol. The van der Waals surface area contributed by atoms with E-state index in [0.717, 1.165) is 0 Å². The van der Waals surface area contributed by atoms with Gasteiger partial charge in [-0.3, -0.25) is 14.9 Å². The Hall–Kier alpha value is -0.900. The van der Waals surface area contributed by atoms with E-state index in [0.29, 0.717) is 24.8 Å². The zero-order chi connectivity index (χ0) is 12.3. The first kappa shape index (κ1) is 12.6. The number of carbonyl (C=O) groups excluding carboxylic acids is 2. The van der Waals surface area contributed by atoms with Crippen molar-refractivity contribution >= 4 is 11.8 Å². The quantitative estimate of drug-likeness (QED) is 0.730. The molecule has 4 nitrogen and oxygen atoms in total. The number of hydrogen-bond donors (Lipinski definition) is 2. The summed E-state index contributed by atoms with van der Waals surface area (Å²) in [5.41, 5.74) is 0. The summed E-state index contributed by atoms with van der Waals surface area (Å²) in [5, 5.41) is 5.79. The van der Waals surface area contributed by atoms with Crippen LogP contribution < -0.4 is 10.6 Å². The molecule has 1 heterocycles. The molecule has 2 rings (SSSR count). The van der Waals surface area contributed by atoms with Gasteiger partial charge in [0.2, 0.25) is 11.8 Å². The predicted molar refractivity (Wildman–Crippen MR) is 65.3 cm³/mol. The summed E-state index contributed by atoms with van der Waals surface area (Å²) in [4.78, 5) is 22.7. The fourth-order valence-electron chi connectivity index (χ4n) is 2.94. The third-order valence-corrected chi connectivity index (χ3v) is 4.06. The van der Waals surface area contributed by atoms with Gasteiger partial charge in [0.1, 0.15) is 0 Å². The van der Waals surface area contributed by atoms with Gasteiger partial charge in [-0.15, -0.1) is 0 Å². The number of imide groups is 1. The van der Waals surface area contributed by atoms with Crippen molar-refractivity contribution < 1.29 is 9.59 Å². The van der Waals surface area contributed by atoms with Crippen molar-refractivity contribution in [1.82, 2.24) is 10.6 Å². The lowest BCUT2D eigenvalue weighted by molar-refractivity contribution is -0.135. The Morgan fingerprint density at radius 2 is 1.88 bits per heavy atom. The maximum absolute atomic E-state index is 11.6. The van der Waals surface area contributed by atoms with E-state index in [-0.39, 0.29) is 17.9 Å². The topological polar surface area (TPSA) is 58.2 Å². The summed E-state index contributed by atoms with van der Waals surface area (Å²) in [6.07, 6.45) is 7.60. The lowest BCUT2D eigenvalue weighted by Crippen LogP contribution is -2.54. The highest BCUT2D eigenvalue weighted by Crippen LogP contribution is 2.26. The molecule has 0 aromatic heterocycles. The third-order valence-electron chi connectivity index (χ3n) is 4.06. The fraction of sp³-hybridized carbons (Fsp3) is 0.846. The van der Waals surface area contributed by atoms with Crippen molar-refractivity contribution in [2.24, 2.45) is 5.92 Å². The number of nitrogens with one attached hydrogen (secondary N) is 2. The molecule has 1 aliphatic heterocycles. The molecule has 0 aromatic carbocycles. The van der Waals surface area contributed by atoms with Crippen LogP contribution in [0.5, 0.6) is 0 Å². The molecule has 1 saturated heterocycles. The van der Waals surface area contributed by atoms with Crippen molar-refractivity contribution in [3.05, 3.63) is 0 Å². The van der Waals surface area contributed by atoms with Crippen molar-refractivity contribution in [2.45, 2.75) is 64.0 Å². The van der Waals surface area contributed by atoms with E-state index in [4.69, 9.17) is 0 Å². The average Bonchev–Trinajstić information content (AvgIpc) is 2.34. The highest BCUT2D eigenvalue weighted by atomic mass is 16.2. The molecule has 17 heavy (non-hydrogen) atoms. The van der Waals surface area contributed by atoms with E-state index in [9.17, 15) is 9.59 Å². The second-order valence-electron chi connectivity index (χ2n) is 5.36. The number of piperidine rings is 1. The molecule has 1 saturated carbocycles. The van der Waals surface area contributed by atoms with Gasteiger partial charge in [-0.05, 0) is 32.1 Å². The molecule has 0 radical (unpaired) electrons. The summed E-state index contributed by atoms with van der Waals surface area (Å²) < 4.78 is 0. The normalized spacial score (nSPS) is 28.9. The molecule has 0 aromatic rings. The molecule has 2 fully saturated rings. The van der Waals surface area contributed by atoms with Crippen molar-refractivity contribution in [1.29, 1.82) is 0 Å². The third kappa shape index (κ3) is 3.28. The smallest absolute Gasteiger partial charge is 0.243 e. The zero-order valence-electron chi connectivity index (χ0n) is 10.5. The van der Waals surface area contributed by atoms with Crippen LogP contribution in [0, 0.1) is 5.92 Å². The number of hydrogen-bond acceptors (Lipinski definition) is 3. The van der Waals surface area contributed by atoms with Gasteiger partial charge in [0.05, 0.1) is 6.04 Å². The standard InChI is InChI=1S/C13H22N2O2/c1-9(10-5-3-2-4-6-10)14-11-7-8-12(16)15-13(11)17/h9-11,14H,2-8H2,1H3,(H,15,16,17). The first-order chi connectivity index (χ1) is 8.16. The van der Waals surface area contributed by atoms with Gasteiger partial charge >= 0.3 is 0 Å². The molecule has 2 aliphatic rings. The zero-order valence-corrected chi connectivity index (χ0v) is 10.5. The maximum atomic E-state index is 11.6. The van der Waals surface area contributed by atoms with Crippen LogP contribution in [0.4, 0.5) is 0 Å². The van der Waals surface area contributed by atoms with Crippen LogP contribution in [0.1, 0.15) is 51.9 Å². The summed E-state index contributed by atoms with van der Waals surface area (Å²) in [6.45, 7) is 2.17. The summed E-state index contributed by atoms with van der Waals surface area (Å²) in [5.74, 6) is 0.399. The second kappa shape index (κ2) is 5.63. The molecular formula is C13H22N2O2. The van der Waals surface area contributed by atoms with E-state index in [2.05, 4.69) is 17.6 Å². The number of amides is 2. The van der Waals surface area contributed by atoms with Crippen molar-refractivity contribution in [3.63, 3.8) is 0 Å². The number of rotatable bonds is 3. The fourth-order valence-corrected chi connectivity index (χ4v) is 2.94. The van der Waals surface area contributed by atoms with Gasteiger partial charge in [-0.1, -0.05) is 19.3 Å².